The summed E-state index contributed by atoms with van der Waals surface area (Å²) in [4.78, 5) is 16.3. The molecule has 0 aromatic carbocycles. The molecular formula is C14H22N2O2. The Morgan fingerprint density at radius 1 is 1.56 bits per heavy atom. The van der Waals surface area contributed by atoms with Crippen molar-refractivity contribution in [2.75, 3.05) is 13.2 Å². The predicted octanol–water partition coefficient (Wildman–Crippen LogP) is 1.79. The molecule has 0 bridgehead atoms. The van der Waals surface area contributed by atoms with E-state index in [1.54, 1.807) is 12.4 Å². The van der Waals surface area contributed by atoms with E-state index in [0.717, 1.165) is 5.56 Å². The normalized spacial score (nSPS) is 14.3. The van der Waals surface area contributed by atoms with Crippen LogP contribution in [0.25, 0.3) is 0 Å². The number of ether oxygens (including phenoxy) is 1. The lowest BCUT2D eigenvalue weighted by Crippen LogP contribution is -2.46. The van der Waals surface area contributed by atoms with Crippen LogP contribution in [0.5, 0.6) is 0 Å². The van der Waals surface area contributed by atoms with Gasteiger partial charge in [-0.05, 0) is 30.9 Å². The van der Waals surface area contributed by atoms with Gasteiger partial charge in [0.1, 0.15) is 0 Å². The molecule has 0 aliphatic carbocycles. The van der Waals surface area contributed by atoms with E-state index in [1.807, 2.05) is 32.9 Å². The van der Waals surface area contributed by atoms with Crippen molar-refractivity contribution < 1.29 is 9.53 Å². The smallest absolute Gasteiger partial charge is 0.313 e. The van der Waals surface area contributed by atoms with E-state index in [1.165, 1.54) is 0 Å². The van der Waals surface area contributed by atoms with Gasteiger partial charge in [-0.2, -0.15) is 0 Å². The second kappa shape index (κ2) is 6.50. The van der Waals surface area contributed by atoms with E-state index in [9.17, 15) is 4.79 Å². The van der Waals surface area contributed by atoms with Crippen molar-refractivity contribution in [3.63, 3.8) is 0 Å². The lowest BCUT2D eigenvalue weighted by molar-refractivity contribution is -0.157. The second-order valence-corrected chi connectivity index (χ2v) is 4.77. The number of esters is 1. The number of pyridine rings is 1. The summed E-state index contributed by atoms with van der Waals surface area (Å²) in [7, 11) is 0. The fraction of sp³-hybridized carbons (Fsp3) is 0.571. The monoisotopic (exact) mass is 250 g/mol. The summed E-state index contributed by atoms with van der Waals surface area (Å²) < 4.78 is 5.19. The maximum absolute atomic E-state index is 12.2. The van der Waals surface area contributed by atoms with Crippen molar-refractivity contribution >= 4 is 5.97 Å². The van der Waals surface area contributed by atoms with Gasteiger partial charge in [0.25, 0.3) is 0 Å². The summed E-state index contributed by atoms with van der Waals surface area (Å²) >= 11 is 0. The Balaban J connectivity index is 3.01. The maximum Gasteiger partial charge on any atom is 0.313 e. The highest BCUT2D eigenvalue weighted by Crippen LogP contribution is 2.32. The number of rotatable bonds is 6. The van der Waals surface area contributed by atoms with Crippen molar-refractivity contribution in [1.29, 1.82) is 0 Å². The molecule has 1 aromatic heterocycles. The first-order valence-corrected chi connectivity index (χ1v) is 6.33. The van der Waals surface area contributed by atoms with Gasteiger partial charge in [0.05, 0.1) is 12.0 Å². The third-order valence-corrected chi connectivity index (χ3v) is 3.39. The van der Waals surface area contributed by atoms with Crippen LogP contribution in [0.1, 0.15) is 26.3 Å². The van der Waals surface area contributed by atoms with Crippen LogP contribution in [0.15, 0.2) is 24.5 Å². The van der Waals surface area contributed by atoms with E-state index in [0.29, 0.717) is 13.0 Å². The Hall–Kier alpha value is -1.42. The van der Waals surface area contributed by atoms with E-state index >= 15 is 0 Å². The molecule has 4 heteroatoms. The van der Waals surface area contributed by atoms with Gasteiger partial charge in [0.2, 0.25) is 0 Å². The van der Waals surface area contributed by atoms with E-state index in [2.05, 4.69) is 4.98 Å². The molecular weight excluding hydrogens is 228 g/mol. The van der Waals surface area contributed by atoms with Gasteiger partial charge in [-0.1, -0.05) is 19.9 Å². The molecule has 0 aliphatic rings. The lowest BCUT2D eigenvalue weighted by Gasteiger charge is -2.34. The van der Waals surface area contributed by atoms with Gasteiger partial charge in [0, 0.05) is 18.9 Å². The highest BCUT2D eigenvalue weighted by Gasteiger charge is 2.41. The molecule has 0 aliphatic heterocycles. The summed E-state index contributed by atoms with van der Waals surface area (Å²) in [5.74, 6) is -0.104. The van der Waals surface area contributed by atoms with Crippen LogP contribution >= 0.6 is 0 Å². The fourth-order valence-corrected chi connectivity index (χ4v) is 2.04. The maximum atomic E-state index is 12.2. The van der Waals surface area contributed by atoms with Crippen LogP contribution in [-0.2, 0) is 16.0 Å². The fourth-order valence-electron chi connectivity index (χ4n) is 2.04. The molecule has 1 unspecified atom stereocenters. The Kier molecular flexibility index (Phi) is 5.28. The van der Waals surface area contributed by atoms with Crippen LogP contribution in [0.4, 0.5) is 0 Å². The topological polar surface area (TPSA) is 65.2 Å². The lowest BCUT2D eigenvalue weighted by atomic mass is 9.73. The minimum atomic E-state index is -0.668. The molecule has 100 valence electrons. The van der Waals surface area contributed by atoms with Crippen LogP contribution in [0.3, 0.4) is 0 Å². The Bertz CT molecular complexity index is 379. The SMILES string of the molecule is CCOC(=O)C(CN)(Cc1cccnc1)C(C)C. The standard InChI is InChI=1S/C14H22N2O2/c1-4-18-13(17)14(10-15,11(2)3)8-12-6-5-7-16-9-12/h5-7,9,11H,4,8,10,15H2,1-3H3. The largest absolute Gasteiger partial charge is 0.466 e. The minimum Gasteiger partial charge on any atom is -0.466 e. The Morgan fingerprint density at radius 2 is 2.28 bits per heavy atom. The van der Waals surface area contributed by atoms with Gasteiger partial charge < -0.3 is 10.5 Å². The van der Waals surface area contributed by atoms with Crippen molar-refractivity contribution in [3.05, 3.63) is 30.1 Å². The number of carbonyl (C=O) groups is 1. The van der Waals surface area contributed by atoms with Gasteiger partial charge >= 0.3 is 5.97 Å². The van der Waals surface area contributed by atoms with Crippen LogP contribution in [0, 0.1) is 11.3 Å². The Morgan fingerprint density at radius 3 is 2.72 bits per heavy atom. The van der Waals surface area contributed by atoms with E-state index < -0.39 is 5.41 Å². The average molecular weight is 250 g/mol. The molecule has 0 spiro atoms. The molecule has 4 nitrogen and oxygen atoms in total. The first-order chi connectivity index (χ1) is 8.56. The van der Waals surface area contributed by atoms with Gasteiger partial charge in [0.15, 0.2) is 0 Å². The number of carbonyl (C=O) groups excluding carboxylic acids is 1. The molecule has 0 radical (unpaired) electrons. The highest BCUT2D eigenvalue weighted by atomic mass is 16.5. The molecule has 1 heterocycles. The Labute approximate surface area is 109 Å². The minimum absolute atomic E-state index is 0.113. The number of hydrogen-bond donors (Lipinski definition) is 1. The van der Waals surface area contributed by atoms with Crippen molar-refractivity contribution in [1.82, 2.24) is 4.98 Å². The van der Waals surface area contributed by atoms with Crippen molar-refractivity contribution in [2.45, 2.75) is 27.2 Å². The van der Waals surface area contributed by atoms with Crippen molar-refractivity contribution in [3.8, 4) is 0 Å². The van der Waals surface area contributed by atoms with Crippen LogP contribution < -0.4 is 5.73 Å². The number of aromatic nitrogens is 1. The first kappa shape index (κ1) is 14.6. The molecule has 0 saturated carbocycles. The highest BCUT2D eigenvalue weighted by molar-refractivity contribution is 5.78. The number of nitrogens with zero attached hydrogens (tertiary/aromatic N) is 1. The number of nitrogens with two attached hydrogens (primary N) is 1. The van der Waals surface area contributed by atoms with Crippen LogP contribution in [-0.4, -0.2) is 24.1 Å². The molecule has 2 N–H and O–H groups in total. The molecule has 18 heavy (non-hydrogen) atoms. The molecule has 0 amide bonds. The summed E-state index contributed by atoms with van der Waals surface area (Å²) in [5, 5.41) is 0. The summed E-state index contributed by atoms with van der Waals surface area (Å²) in [5.41, 5.74) is 6.20. The third kappa shape index (κ3) is 3.07. The zero-order valence-corrected chi connectivity index (χ0v) is 11.3. The molecule has 0 saturated heterocycles. The third-order valence-electron chi connectivity index (χ3n) is 3.39. The molecule has 1 aromatic rings. The summed E-state index contributed by atoms with van der Waals surface area (Å²) in [6.07, 6.45) is 4.05. The van der Waals surface area contributed by atoms with Gasteiger partial charge in [-0.15, -0.1) is 0 Å². The summed E-state index contributed by atoms with van der Waals surface area (Å²) in [6.45, 7) is 6.46. The predicted molar refractivity (Wildman–Crippen MR) is 70.9 cm³/mol. The average Bonchev–Trinajstić information content (AvgIpc) is 2.37. The molecule has 1 atom stereocenters. The van der Waals surface area contributed by atoms with Crippen molar-refractivity contribution in [2.24, 2.45) is 17.1 Å². The van der Waals surface area contributed by atoms with Gasteiger partial charge in [-0.25, -0.2) is 0 Å². The number of hydrogen-bond acceptors (Lipinski definition) is 4. The summed E-state index contributed by atoms with van der Waals surface area (Å²) in [6, 6.07) is 3.82. The van der Waals surface area contributed by atoms with E-state index in [4.69, 9.17) is 10.5 Å². The van der Waals surface area contributed by atoms with Gasteiger partial charge in [-0.3, -0.25) is 9.78 Å². The van der Waals surface area contributed by atoms with E-state index in [-0.39, 0.29) is 18.4 Å². The van der Waals surface area contributed by atoms with Crippen LogP contribution in [0.2, 0.25) is 0 Å². The molecule has 0 fully saturated rings. The zero-order chi connectivity index (χ0) is 13.6. The second-order valence-electron chi connectivity index (χ2n) is 4.77. The molecule has 1 rings (SSSR count). The zero-order valence-electron chi connectivity index (χ0n) is 11.3. The first-order valence-electron chi connectivity index (χ1n) is 6.33. The quantitative estimate of drug-likeness (QED) is 0.782.